The molecule has 2 aromatic rings. The summed E-state index contributed by atoms with van der Waals surface area (Å²) in [6.45, 7) is 0.821. The Labute approximate surface area is 134 Å². The molecule has 0 radical (unpaired) electrons. The van der Waals surface area contributed by atoms with Gasteiger partial charge in [-0.1, -0.05) is 0 Å². The molecule has 7 nitrogen and oxygen atoms in total. The number of nitrogens with zero attached hydrogens (tertiary/aromatic N) is 5. The van der Waals surface area contributed by atoms with Gasteiger partial charge in [0.25, 0.3) is 0 Å². The molecule has 3 rings (SSSR count). The summed E-state index contributed by atoms with van der Waals surface area (Å²) in [6, 6.07) is 3.87. The maximum absolute atomic E-state index is 12.6. The van der Waals surface area contributed by atoms with Crippen LogP contribution in [0.1, 0.15) is 24.2 Å². The number of aliphatic carboxylic acids is 1. The quantitative estimate of drug-likeness (QED) is 0.912. The number of carboxylic acids is 1. The molecule has 24 heavy (non-hydrogen) atoms. The lowest BCUT2D eigenvalue weighted by Gasteiger charge is -2.20. The summed E-state index contributed by atoms with van der Waals surface area (Å²) in [5, 5.41) is 20.4. The second kappa shape index (κ2) is 6.19. The molecule has 0 bridgehead atoms. The van der Waals surface area contributed by atoms with Gasteiger partial charge in [0.2, 0.25) is 0 Å². The normalized spacial score (nSPS) is 18.9. The van der Waals surface area contributed by atoms with Crippen LogP contribution in [0.2, 0.25) is 0 Å². The lowest BCUT2D eigenvalue weighted by atomic mass is 10.2. The molecule has 1 aliphatic heterocycles. The van der Waals surface area contributed by atoms with Crippen molar-refractivity contribution < 1.29 is 23.1 Å². The Morgan fingerprint density at radius 3 is 2.62 bits per heavy atom. The number of hydrogen-bond donors (Lipinski definition) is 1. The van der Waals surface area contributed by atoms with Crippen LogP contribution < -0.4 is 0 Å². The minimum absolute atomic E-state index is 0.213. The van der Waals surface area contributed by atoms with Gasteiger partial charge in [0, 0.05) is 0 Å². The Bertz CT molecular complexity index is 729. The summed E-state index contributed by atoms with van der Waals surface area (Å²) < 4.78 is 39.2. The Hall–Kier alpha value is -2.49. The van der Waals surface area contributed by atoms with Crippen LogP contribution in [0, 0.1) is 0 Å². The van der Waals surface area contributed by atoms with Crippen LogP contribution in [0.3, 0.4) is 0 Å². The van der Waals surface area contributed by atoms with Gasteiger partial charge in [-0.2, -0.15) is 17.9 Å². The first-order valence-electron chi connectivity index (χ1n) is 7.28. The van der Waals surface area contributed by atoms with E-state index >= 15 is 0 Å². The van der Waals surface area contributed by atoms with Gasteiger partial charge in [0.15, 0.2) is 5.82 Å². The van der Waals surface area contributed by atoms with Crippen LogP contribution in [0.5, 0.6) is 0 Å². The van der Waals surface area contributed by atoms with E-state index in [1.54, 1.807) is 4.90 Å². The molecule has 0 unspecified atom stereocenters. The van der Waals surface area contributed by atoms with E-state index in [0.29, 0.717) is 24.5 Å². The van der Waals surface area contributed by atoms with E-state index in [4.69, 9.17) is 0 Å². The van der Waals surface area contributed by atoms with Crippen LogP contribution in [0.4, 0.5) is 13.2 Å². The van der Waals surface area contributed by atoms with Crippen molar-refractivity contribution in [2.75, 3.05) is 6.54 Å². The molecule has 1 aromatic carbocycles. The SMILES string of the molecule is O=C(O)[C@H]1CCCN1Cc1nnnn1-c1ccc(C(F)(F)F)cc1. The van der Waals surface area contributed by atoms with Crippen LogP contribution in [-0.4, -0.2) is 48.8 Å². The fourth-order valence-corrected chi connectivity index (χ4v) is 2.77. The highest BCUT2D eigenvalue weighted by atomic mass is 19.4. The molecule has 0 aliphatic carbocycles. The molecular formula is C14H14F3N5O2. The predicted molar refractivity (Wildman–Crippen MR) is 75.2 cm³/mol. The summed E-state index contributed by atoms with van der Waals surface area (Å²) in [6.07, 6.45) is -3.10. The fourth-order valence-electron chi connectivity index (χ4n) is 2.77. The number of hydrogen-bond acceptors (Lipinski definition) is 5. The largest absolute Gasteiger partial charge is 0.480 e. The number of benzene rings is 1. The maximum atomic E-state index is 12.6. The van der Waals surface area contributed by atoms with Crippen molar-refractivity contribution in [1.29, 1.82) is 0 Å². The van der Waals surface area contributed by atoms with Crippen LogP contribution in [-0.2, 0) is 17.5 Å². The molecule has 1 aromatic heterocycles. The number of halogens is 3. The topological polar surface area (TPSA) is 84.1 Å². The summed E-state index contributed by atoms with van der Waals surface area (Å²) in [4.78, 5) is 13.0. The van der Waals surface area contributed by atoms with Gasteiger partial charge in [-0.05, 0) is 54.1 Å². The first kappa shape index (κ1) is 16.4. The zero-order valence-electron chi connectivity index (χ0n) is 12.4. The van der Waals surface area contributed by atoms with Crippen molar-refractivity contribution >= 4 is 5.97 Å². The molecule has 10 heteroatoms. The molecule has 1 aliphatic rings. The summed E-state index contributed by atoms with van der Waals surface area (Å²) >= 11 is 0. The van der Waals surface area contributed by atoms with E-state index in [1.807, 2.05) is 0 Å². The lowest BCUT2D eigenvalue weighted by Crippen LogP contribution is -2.36. The average Bonchev–Trinajstić information content (AvgIpc) is 3.16. The van der Waals surface area contributed by atoms with E-state index in [9.17, 15) is 23.1 Å². The molecule has 1 N–H and O–H groups in total. The molecule has 128 valence electrons. The van der Waals surface area contributed by atoms with Crippen molar-refractivity contribution in [3.05, 3.63) is 35.7 Å². The number of aromatic nitrogens is 4. The minimum atomic E-state index is -4.41. The highest BCUT2D eigenvalue weighted by Crippen LogP contribution is 2.29. The molecule has 1 saturated heterocycles. The molecule has 0 saturated carbocycles. The Balaban J connectivity index is 1.82. The zero-order valence-corrected chi connectivity index (χ0v) is 12.4. The van der Waals surface area contributed by atoms with Gasteiger partial charge in [-0.15, -0.1) is 5.10 Å². The van der Waals surface area contributed by atoms with Gasteiger partial charge in [-0.3, -0.25) is 9.69 Å². The van der Waals surface area contributed by atoms with Gasteiger partial charge >= 0.3 is 12.1 Å². The van der Waals surface area contributed by atoms with Crippen molar-refractivity contribution in [3.63, 3.8) is 0 Å². The van der Waals surface area contributed by atoms with E-state index in [0.717, 1.165) is 18.6 Å². The van der Waals surface area contributed by atoms with E-state index in [1.165, 1.54) is 16.8 Å². The monoisotopic (exact) mass is 341 g/mol. The number of carbonyl (C=O) groups is 1. The van der Waals surface area contributed by atoms with Gasteiger partial charge in [0.1, 0.15) is 6.04 Å². The first-order valence-corrected chi connectivity index (χ1v) is 7.28. The maximum Gasteiger partial charge on any atom is 0.416 e. The third-order valence-electron chi connectivity index (χ3n) is 3.97. The standard InChI is InChI=1S/C14H14F3N5O2/c15-14(16,17)9-3-5-10(6-4-9)22-12(18-19-20-22)8-21-7-1-2-11(21)13(23)24/h3-6,11H,1-2,7-8H2,(H,23,24)/t11-/m1/s1. The molecule has 1 fully saturated rings. The van der Waals surface area contributed by atoms with E-state index < -0.39 is 23.8 Å². The second-order valence-corrected chi connectivity index (χ2v) is 5.52. The number of rotatable bonds is 4. The molecule has 0 amide bonds. The van der Waals surface area contributed by atoms with Gasteiger partial charge < -0.3 is 5.11 Å². The summed E-state index contributed by atoms with van der Waals surface area (Å²) in [5.74, 6) is -0.524. The molecular weight excluding hydrogens is 327 g/mol. The lowest BCUT2D eigenvalue weighted by molar-refractivity contribution is -0.142. The number of tetrazole rings is 1. The Morgan fingerprint density at radius 2 is 2.00 bits per heavy atom. The van der Waals surface area contributed by atoms with Crippen molar-refractivity contribution in [1.82, 2.24) is 25.1 Å². The highest BCUT2D eigenvalue weighted by Gasteiger charge is 2.32. The third-order valence-corrected chi connectivity index (χ3v) is 3.97. The average molecular weight is 341 g/mol. The highest BCUT2D eigenvalue weighted by molar-refractivity contribution is 5.73. The van der Waals surface area contributed by atoms with E-state index in [-0.39, 0.29) is 6.54 Å². The van der Waals surface area contributed by atoms with Gasteiger partial charge in [0.05, 0.1) is 17.8 Å². The smallest absolute Gasteiger partial charge is 0.416 e. The van der Waals surface area contributed by atoms with E-state index in [2.05, 4.69) is 15.5 Å². The van der Waals surface area contributed by atoms with Crippen LogP contribution in [0.25, 0.3) is 5.69 Å². The van der Waals surface area contributed by atoms with Crippen LogP contribution in [0.15, 0.2) is 24.3 Å². The van der Waals surface area contributed by atoms with Gasteiger partial charge in [-0.25, -0.2) is 0 Å². The summed E-state index contributed by atoms with van der Waals surface area (Å²) in [7, 11) is 0. The minimum Gasteiger partial charge on any atom is -0.480 e. The third kappa shape index (κ3) is 3.23. The fraction of sp³-hybridized carbons (Fsp3) is 0.429. The molecule has 2 heterocycles. The van der Waals surface area contributed by atoms with Crippen molar-refractivity contribution in [3.8, 4) is 5.69 Å². The molecule has 1 atom stereocenters. The number of likely N-dealkylation sites (tertiary alicyclic amines) is 1. The molecule has 0 spiro atoms. The predicted octanol–water partition coefficient (Wildman–Crippen LogP) is 1.73. The van der Waals surface area contributed by atoms with Crippen LogP contribution >= 0.6 is 0 Å². The Morgan fingerprint density at radius 1 is 1.29 bits per heavy atom. The number of carboxylic acid groups (broad SMARTS) is 1. The first-order chi connectivity index (χ1) is 11.4. The van der Waals surface area contributed by atoms with Crippen molar-refractivity contribution in [2.45, 2.75) is 31.6 Å². The Kier molecular flexibility index (Phi) is 4.22. The second-order valence-electron chi connectivity index (χ2n) is 5.52. The summed E-state index contributed by atoms with van der Waals surface area (Å²) in [5.41, 5.74) is -0.375. The zero-order chi connectivity index (χ0) is 17.3. The number of alkyl halides is 3. The van der Waals surface area contributed by atoms with Crippen molar-refractivity contribution in [2.24, 2.45) is 0 Å².